The molecule has 1 amide bonds. The van der Waals surface area contributed by atoms with Gasteiger partial charge in [0, 0.05) is 6.07 Å². The SMILES string of the molecule is COc1cc(OC)c(/C(O)=C2\C(=O)C(=O)N(c3ccccc3O)C2c2ccccc2)cc1Cl. The number of hydrogen-bond donors (Lipinski definition) is 2. The van der Waals surface area contributed by atoms with Crippen LogP contribution >= 0.6 is 11.6 Å². The first-order valence-corrected chi connectivity index (χ1v) is 10.3. The van der Waals surface area contributed by atoms with Crippen LogP contribution in [0.2, 0.25) is 5.02 Å². The molecule has 0 aromatic heterocycles. The number of aromatic hydroxyl groups is 1. The summed E-state index contributed by atoms with van der Waals surface area (Å²) in [6.45, 7) is 0. The number of aliphatic hydroxyl groups is 1. The molecule has 3 aromatic carbocycles. The van der Waals surface area contributed by atoms with Crippen molar-refractivity contribution in [2.75, 3.05) is 19.1 Å². The Morgan fingerprint density at radius 2 is 1.58 bits per heavy atom. The van der Waals surface area contributed by atoms with Crippen molar-refractivity contribution in [3.8, 4) is 17.2 Å². The van der Waals surface area contributed by atoms with Crippen LogP contribution in [0, 0.1) is 0 Å². The minimum absolute atomic E-state index is 0.125. The number of anilines is 1. The fraction of sp³-hybridized carbons (Fsp3) is 0.120. The van der Waals surface area contributed by atoms with Crippen molar-refractivity contribution < 1.29 is 29.3 Å². The van der Waals surface area contributed by atoms with Gasteiger partial charge in [0.05, 0.1) is 42.1 Å². The van der Waals surface area contributed by atoms with Crippen molar-refractivity contribution in [1.29, 1.82) is 0 Å². The van der Waals surface area contributed by atoms with Crippen LogP contribution in [0.3, 0.4) is 0 Å². The molecule has 0 aliphatic carbocycles. The number of carbonyl (C=O) groups excluding carboxylic acids is 2. The average Bonchev–Trinajstić information content (AvgIpc) is 3.09. The molecule has 0 radical (unpaired) electrons. The first-order chi connectivity index (χ1) is 15.9. The van der Waals surface area contributed by atoms with E-state index in [1.165, 1.54) is 43.4 Å². The summed E-state index contributed by atoms with van der Waals surface area (Å²) in [4.78, 5) is 27.5. The molecular formula is C25H20ClNO6. The molecule has 3 aromatic rings. The zero-order chi connectivity index (χ0) is 23.7. The van der Waals surface area contributed by atoms with E-state index in [2.05, 4.69) is 0 Å². The third-order valence-corrected chi connectivity index (χ3v) is 5.73. The lowest BCUT2D eigenvalue weighted by Gasteiger charge is -2.26. The minimum Gasteiger partial charge on any atom is -0.507 e. The van der Waals surface area contributed by atoms with Gasteiger partial charge in [-0.3, -0.25) is 14.5 Å². The number of Topliss-reactive ketones (excluding diaryl/α,β-unsaturated/α-hetero) is 1. The average molecular weight is 466 g/mol. The summed E-state index contributed by atoms with van der Waals surface area (Å²) in [7, 11) is 2.84. The lowest BCUT2D eigenvalue weighted by Crippen LogP contribution is -2.29. The Labute approximate surface area is 195 Å². The van der Waals surface area contributed by atoms with E-state index in [0.29, 0.717) is 11.3 Å². The molecule has 8 heteroatoms. The number of hydrogen-bond acceptors (Lipinski definition) is 6. The van der Waals surface area contributed by atoms with Crippen molar-refractivity contribution >= 4 is 34.7 Å². The van der Waals surface area contributed by atoms with Crippen LogP contribution < -0.4 is 14.4 Å². The maximum Gasteiger partial charge on any atom is 0.300 e. The van der Waals surface area contributed by atoms with E-state index in [4.69, 9.17) is 21.1 Å². The van der Waals surface area contributed by atoms with Gasteiger partial charge in [0.2, 0.25) is 0 Å². The van der Waals surface area contributed by atoms with Crippen LogP contribution in [-0.4, -0.2) is 36.1 Å². The van der Waals surface area contributed by atoms with Gasteiger partial charge in [0.15, 0.2) is 0 Å². The number of ketones is 1. The quantitative estimate of drug-likeness (QED) is 0.322. The Hall–Kier alpha value is -3.97. The van der Waals surface area contributed by atoms with E-state index < -0.39 is 23.5 Å². The lowest BCUT2D eigenvalue weighted by atomic mass is 9.94. The number of rotatable bonds is 5. The highest BCUT2D eigenvalue weighted by Crippen LogP contribution is 2.46. The van der Waals surface area contributed by atoms with Crippen molar-refractivity contribution in [2.24, 2.45) is 0 Å². The fourth-order valence-corrected chi connectivity index (χ4v) is 4.13. The molecule has 1 heterocycles. The fourth-order valence-electron chi connectivity index (χ4n) is 3.89. The van der Waals surface area contributed by atoms with Gasteiger partial charge in [0.25, 0.3) is 11.7 Å². The van der Waals surface area contributed by atoms with Crippen LogP contribution in [0.25, 0.3) is 5.76 Å². The first-order valence-electron chi connectivity index (χ1n) is 9.94. The van der Waals surface area contributed by atoms with E-state index in [1.54, 1.807) is 42.5 Å². The Kier molecular flexibility index (Phi) is 5.98. The van der Waals surface area contributed by atoms with Crippen LogP contribution in [0.1, 0.15) is 17.2 Å². The summed E-state index contributed by atoms with van der Waals surface area (Å²) in [6, 6.07) is 16.9. The van der Waals surface area contributed by atoms with Gasteiger partial charge >= 0.3 is 0 Å². The smallest absolute Gasteiger partial charge is 0.300 e. The Morgan fingerprint density at radius 3 is 2.21 bits per heavy atom. The summed E-state index contributed by atoms with van der Waals surface area (Å²) >= 11 is 6.26. The Morgan fingerprint density at radius 1 is 0.939 bits per heavy atom. The molecule has 168 valence electrons. The summed E-state index contributed by atoms with van der Waals surface area (Å²) in [5.41, 5.74) is 0.681. The molecule has 1 aliphatic rings. The molecule has 1 fully saturated rings. The Balaban J connectivity index is 2.00. The molecule has 1 saturated heterocycles. The summed E-state index contributed by atoms with van der Waals surface area (Å²) < 4.78 is 10.6. The van der Waals surface area contributed by atoms with E-state index in [0.717, 1.165) is 0 Å². The number of phenols is 1. The van der Waals surface area contributed by atoms with E-state index >= 15 is 0 Å². The largest absolute Gasteiger partial charge is 0.507 e. The zero-order valence-electron chi connectivity index (χ0n) is 17.8. The highest BCUT2D eigenvalue weighted by molar-refractivity contribution is 6.52. The van der Waals surface area contributed by atoms with Crippen molar-refractivity contribution in [2.45, 2.75) is 6.04 Å². The van der Waals surface area contributed by atoms with Gasteiger partial charge < -0.3 is 19.7 Å². The molecule has 0 bridgehead atoms. The monoisotopic (exact) mass is 465 g/mol. The van der Waals surface area contributed by atoms with Crippen molar-refractivity contribution in [1.82, 2.24) is 0 Å². The third kappa shape index (κ3) is 3.76. The second kappa shape index (κ2) is 8.88. The van der Waals surface area contributed by atoms with Gasteiger partial charge in [-0.15, -0.1) is 0 Å². The molecule has 0 saturated carbocycles. The van der Waals surface area contributed by atoms with Crippen LogP contribution in [0.15, 0.2) is 72.3 Å². The van der Waals surface area contributed by atoms with Crippen LogP contribution in [0.5, 0.6) is 17.2 Å². The predicted octanol–water partition coefficient (Wildman–Crippen LogP) is 4.69. The first kappa shape index (κ1) is 22.2. The van der Waals surface area contributed by atoms with E-state index in [-0.39, 0.29) is 33.3 Å². The standard InChI is InChI=1S/C25H20ClNO6/c1-32-19-13-20(33-2)16(26)12-15(19)23(29)21-22(14-8-4-3-5-9-14)27(25(31)24(21)30)17-10-6-7-11-18(17)28/h3-13,22,28-29H,1-2H3/b23-21+. The van der Waals surface area contributed by atoms with Gasteiger partial charge in [-0.05, 0) is 23.8 Å². The van der Waals surface area contributed by atoms with E-state index in [9.17, 15) is 19.8 Å². The topological polar surface area (TPSA) is 96.3 Å². The number of ether oxygens (including phenoxy) is 2. The summed E-state index contributed by atoms with van der Waals surface area (Å²) in [5, 5.41) is 21.9. The minimum atomic E-state index is -0.995. The zero-order valence-corrected chi connectivity index (χ0v) is 18.5. The highest BCUT2D eigenvalue weighted by Gasteiger charge is 2.47. The summed E-state index contributed by atoms with van der Waals surface area (Å²) in [6.07, 6.45) is 0. The maximum atomic E-state index is 13.2. The van der Waals surface area contributed by atoms with Crippen LogP contribution in [0.4, 0.5) is 5.69 Å². The number of nitrogens with zero attached hydrogens (tertiary/aromatic N) is 1. The lowest BCUT2D eigenvalue weighted by molar-refractivity contribution is -0.132. The second-order valence-corrected chi connectivity index (χ2v) is 7.66. The normalized spacial score (nSPS) is 17.3. The van der Waals surface area contributed by atoms with E-state index in [1.807, 2.05) is 0 Å². The number of amides is 1. The number of carbonyl (C=O) groups is 2. The molecule has 1 unspecified atom stereocenters. The molecule has 1 aliphatic heterocycles. The number of phenolic OH excluding ortho intramolecular Hbond substituents is 1. The molecule has 4 rings (SSSR count). The molecule has 0 spiro atoms. The molecule has 1 atom stereocenters. The number of aliphatic hydroxyl groups excluding tert-OH is 1. The number of halogens is 1. The second-order valence-electron chi connectivity index (χ2n) is 7.26. The van der Waals surface area contributed by atoms with Gasteiger partial charge in [0.1, 0.15) is 23.0 Å². The summed E-state index contributed by atoms with van der Waals surface area (Å²) in [5.74, 6) is -1.90. The van der Waals surface area contributed by atoms with Crippen molar-refractivity contribution in [3.63, 3.8) is 0 Å². The van der Waals surface area contributed by atoms with Crippen LogP contribution in [-0.2, 0) is 9.59 Å². The van der Waals surface area contributed by atoms with Crippen molar-refractivity contribution in [3.05, 3.63) is 88.5 Å². The predicted molar refractivity (Wildman–Crippen MR) is 124 cm³/mol. The molecular weight excluding hydrogens is 446 g/mol. The molecule has 7 nitrogen and oxygen atoms in total. The van der Waals surface area contributed by atoms with Gasteiger partial charge in [-0.2, -0.15) is 0 Å². The number of methoxy groups -OCH3 is 2. The third-order valence-electron chi connectivity index (χ3n) is 5.43. The Bertz CT molecular complexity index is 1270. The number of para-hydroxylation sites is 2. The number of benzene rings is 3. The maximum absolute atomic E-state index is 13.2. The molecule has 33 heavy (non-hydrogen) atoms. The molecule has 2 N–H and O–H groups in total. The van der Waals surface area contributed by atoms with Gasteiger partial charge in [-0.25, -0.2) is 0 Å². The van der Waals surface area contributed by atoms with Gasteiger partial charge in [-0.1, -0.05) is 54.1 Å². The highest BCUT2D eigenvalue weighted by atomic mass is 35.5.